The number of rotatable bonds is 4. The summed E-state index contributed by atoms with van der Waals surface area (Å²) in [5.41, 5.74) is 0. The molecule has 2 heterocycles. The summed E-state index contributed by atoms with van der Waals surface area (Å²) >= 11 is 0. The van der Waals surface area contributed by atoms with Crippen molar-refractivity contribution in [1.29, 1.82) is 0 Å². The van der Waals surface area contributed by atoms with E-state index in [4.69, 9.17) is 4.74 Å². The Morgan fingerprint density at radius 1 is 1.24 bits per heavy atom. The summed E-state index contributed by atoms with van der Waals surface area (Å²) in [6.07, 6.45) is 5.70. The van der Waals surface area contributed by atoms with Crippen LogP contribution in [0.1, 0.15) is 39.5 Å². The lowest BCUT2D eigenvalue weighted by molar-refractivity contribution is 0.00954. The molecular weight excluding hydrogens is 212 g/mol. The third-order valence-corrected chi connectivity index (χ3v) is 4.19. The van der Waals surface area contributed by atoms with Crippen LogP contribution < -0.4 is 5.32 Å². The predicted molar refractivity (Wildman–Crippen MR) is 71.3 cm³/mol. The van der Waals surface area contributed by atoms with Gasteiger partial charge in [0.1, 0.15) is 0 Å². The second-order valence-corrected chi connectivity index (χ2v) is 5.70. The number of piperidine rings is 2. The lowest BCUT2D eigenvalue weighted by atomic mass is 9.92. The summed E-state index contributed by atoms with van der Waals surface area (Å²) in [7, 11) is 0. The molecule has 0 aliphatic carbocycles. The normalized spacial score (nSPS) is 32.8. The Morgan fingerprint density at radius 2 is 2.00 bits per heavy atom. The lowest BCUT2D eigenvalue weighted by Gasteiger charge is -2.36. The molecule has 0 aromatic carbocycles. The van der Waals surface area contributed by atoms with E-state index in [0.717, 1.165) is 18.6 Å². The van der Waals surface area contributed by atoms with Crippen LogP contribution >= 0.6 is 0 Å². The zero-order chi connectivity index (χ0) is 12.1. The Morgan fingerprint density at radius 3 is 2.65 bits per heavy atom. The summed E-state index contributed by atoms with van der Waals surface area (Å²) in [6.45, 7) is 10.3. The molecule has 0 saturated carbocycles. The Kier molecular flexibility index (Phi) is 5.26. The van der Waals surface area contributed by atoms with Gasteiger partial charge in [0.05, 0.1) is 6.10 Å². The van der Waals surface area contributed by atoms with Crippen molar-refractivity contribution in [2.45, 2.75) is 51.7 Å². The van der Waals surface area contributed by atoms with Crippen molar-refractivity contribution in [2.24, 2.45) is 5.92 Å². The molecule has 2 aliphatic rings. The first kappa shape index (κ1) is 13.3. The first-order valence-electron chi connectivity index (χ1n) is 7.35. The van der Waals surface area contributed by atoms with E-state index in [0.29, 0.717) is 6.10 Å². The SMILES string of the molecule is CCOC1CCN(CC2CCNC(C)C2)CC1. The van der Waals surface area contributed by atoms with Crippen molar-refractivity contribution < 1.29 is 4.74 Å². The Bertz CT molecular complexity index is 214. The van der Waals surface area contributed by atoms with Crippen molar-refractivity contribution in [3.63, 3.8) is 0 Å². The van der Waals surface area contributed by atoms with Crippen LogP contribution in [-0.2, 0) is 4.74 Å². The Hall–Kier alpha value is -0.120. The molecule has 2 atom stereocenters. The second kappa shape index (κ2) is 6.72. The van der Waals surface area contributed by atoms with Gasteiger partial charge < -0.3 is 15.0 Å². The predicted octanol–water partition coefficient (Wildman–Crippen LogP) is 1.88. The van der Waals surface area contributed by atoms with Gasteiger partial charge in [0.25, 0.3) is 0 Å². The van der Waals surface area contributed by atoms with Crippen molar-refractivity contribution in [2.75, 3.05) is 32.8 Å². The highest BCUT2D eigenvalue weighted by atomic mass is 16.5. The fourth-order valence-corrected chi connectivity index (χ4v) is 3.26. The van der Waals surface area contributed by atoms with Crippen LogP contribution in [0.15, 0.2) is 0 Å². The summed E-state index contributed by atoms with van der Waals surface area (Å²) < 4.78 is 5.70. The standard InChI is InChI=1S/C14H28N2O/c1-3-17-14-5-8-16(9-6-14)11-13-4-7-15-12(2)10-13/h12-15H,3-11H2,1-2H3. The molecule has 0 aromatic heterocycles. The van der Waals surface area contributed by atoms with Gasteiger partial charge >= 0.3 is 0 Å². The van der Waals surface area contributed by atoms with Gasteiger partial charge in [-0.2, -0.15) is 0 Å². The summed E-state index contributed by atoms with van der Waals surface area (Å²) in [6, 6.07) is 0.717. The number of hydrogen-bond donors (Lipinski definition) is 1. The highest BCUT2D eigenvalue weighted by Crippen LogP contribution is 2.20. The first-order valence-corrected chi connectivity index (χ1v) is 7.35. The number of ether oxygens (including phenoxy) is 1. The molecule has 2 fully saturated rings. The van der Waals surface area contributed by atoms with Gasteiger partial charge in [0.15, 0.2) is 0 Å². The average molecular weight is 240 g/mol. The maximum atomic E-state index is 5.70. The van der Waals surface area contributed by atoms with E-state index in [1.165, 1.54) is 51.9 Å². The topological polar surface area (TPSA) is 24.5 Å². The van der Waals surface area contributed by atoms with Crippen molar-refractivity contribution in [1.82, 2.24) is 10.2 Å². The average Bonchev–Trinajstić information content (AvgIpc) is 2.32. The van der Waals surface area contributed by atoms with Crippen molar-refractivity contribution in [3.8, 4) is 0 Å². The molecule has 2 saturated heterocycles. The van der Waals surface area contributed by atoms with Crippen molar-refractivity contribution >= 4 is 0 Å². The number of nitrogens with zero attached hydrogens (tertiary/aromatic N) is 1. The number of nitrogens with one attached hydrogen (secondary N) is 1. The maximum absolute atomic E-state index is 5.70. The summed E-state index contributed by atoms with van der Waals surface area (Å²) in [5.74, 6) is 0.912. The van der Waals surface area contributed by atoms with E-state index in [1.807, 2.05) is 0 Å². The minimum atomic E-state index is 0.531. The van der Waals surface area contributed by atoms with Crippen LogP contribution in [0.2, 0.25) is 0 Å². The fourth-order valence-electron chi connectivity index (χ4n) is 3.26. The van der Waals surface area contributed by atoms with Crippen LogP contribution in [0.5, 0.6) is 0 Å². The van der Waals surface area contributed by atoms with E-state index < -0.39 is 0 Å². The zero-order valence-electron chi connectivity index (χ0n) is 11.5. The molecule has 0 spiro atoms. The highest BCUT2D eigenvalue weighted by molar-refractivity contribution is 4.80. The number of likely N-dealkylation sites (tertiary alicyclic amines) is 1. The third kappa shape index (κ3) is 4.23. The molecular formula is C14H28N2O. The Balaban J connectivity index is 1.67. The molecule has 2 rings (SSSR count). The summed E-state index contributed by atoms with van der Waals surface area (Å²) in [5, 5.41) is 3.53. The van der Waals surface area contributed by atoms with Gasteiger partial charge in [-0.1, -0.05) is 0 Å². The van der Waals surface area contributed by atoms with Crippen LogP contribution in [0, 0.1) is 5.92 Å². The van der Waals surface area contributed by atoms with E-state index in [1.54, 1.807) is 0 Å². The van der Waals surface area contributed by atoms with E-state index in [-0.39, 0.29) is 0 Å². The molecule has 2 aliphatic heterocycles. The van der Waals surface area contributed by atoms with Gasteiger partial charge in [-0.05, 0) is 52.0 Å². The van der Waals surface area contributed by atoms with E-state index >= 15 is 0 Å². The smallest absolute Gasteiger partial charge is 0.0599 e. The van der Waals surface area contributed by atoms with E-state index in [9.17, 15) is 0 Å². The number of hydrogen-bond acceptors (Lipinski definition) is 3. The minimum Gasteiger partial charge on any atom is -0.378 e. The maximum Gasteiger partial charge on any atom is 0.0599 e. The Labute approximate surface area is 106 Å². The molecule has 100 valence electrons. The van der Waals surface area contributed by atoms with E-state index in [2.05, 4.69) is 24.1 Å². The molecule has 1 N–H and O–H groups in total. The molecule has 0 radical (unpaired) electrons. The molecule has 3 nitrogen and oxygen atoms in total. The van der Waals surface area contributed by atoms with Crippen LogP contribution in [0.4, 0.5) is 0 Å². The molecule has 17 heavy (non-hydrogen) atoms. The molecule has 3 heteroatoms. The second-order valence-electron chi connectivity index (χ2n) is 5.70. The van der Waals surface area contributed by atoms with Gasteiger partial charge in [-0.3, -0.25) is 0 Å². The molecule has 0 amide bonds. The van der Waals surface area contributed by atoms with Gasteiger partial charge in [0, 0.05) is 32.3 Å². The zero-order valence-corrected chi connectivity index (χ0v) is 11.5. The summed E-state index contributed by atoms with van der Waals surface area (Å²) in [4.78, 5) is 2.65. The van der Waals surface area contributed by atoms with Gasteiger partial charge in [-0.25, -0.2) is 0 Å². The molecule has 2 unspecified atom stereocenters. The minimum absolute atomic E-state index is 0.531. The third-order valence-electron chi connectivity index (χ3n) is 4.19. The fraction of sp³-hybridized carbons (Fsp3) is 1.00. The lowest BCUT2D eigenvalue weighted by Crippen LogP contribution is -2.44. The van der Waals surface area contributed by atoms with Crippen molar-refractivity contribution in [3.05, 3.63) is 0 Å². The van der Waals surface area contributed by atoms with Crippen LogP contribution in [0.25, 0.3) is 0 Å². The van der Waals surface area contributed by atoms with Gasteiger partial charge in [-0.15, -0.1) is 0 Å². The monoisotopic (exact) mass is 240 g/mol. The quantitative estimate of drug-likeness (QED) is 0.812. The molecule has 0 aromatic rings. The highest BCUT2D eigenvalue weighted by Gasteiger charge is 2.24. The van der Waals surface area contributed by atoms with Crippen LogP contribution in [0.3, 0.4) is 0 Å². The van der Waals surface area contributed by atoms with Crippen LogP contribution in [-0.4, -0.2) is 49.8 Å². The largest absolute Gasteiger partial charge is 0.378 e. The molecule has 0 bridgehead atoms. The van der Waals surface area contributed by atoms with Gasteiger partial charge in [0.2, 0.25) is 0 Å². The first-order chi connectivity index (χ1) is 8.28.